The summed E-state index contributed by atoms with van der Waals surface area (Å²) in [5.74, 6) is 0.939. The van der Waals surface area contributed by atoms with Crippen molar-refractivity contribution in [2.24, 2.45) is 0 Å². The van der Waals surface area contributed by atoms with Crippen molar-refractivity contribution >= 4 is 28.6 Å². The zero-order chi connectivity index (χ0) is 11.8. The first-order chi connectivity index (χ1) is 8.27. The molecule has 86 valence electrons. The van der Waals surface area contributed by atoms with Gasteiger partial charge >= 0.3 is 5.97 Å². The number of nitrogens with zero attached hydrogens (tertiary/aromatic N) is 1. The van der Waals surface area contributed by atoms with Gasteiger partial charge in [0.1, 0.15) is 0 Å². The molecule has 0 aliphatic carbocycles. The molecule has 0 spiro atoms. The summed E-state index contributed by atoms with van der Waals surface area (Å²) in [6.07, 6.45) is 0.866. The minimum absolute atomic E-state index is 0.442. The summed E-state index contributed by atoms with van der Waals surface area (Å²) < 4.78 is 0. The second-order valence-electron chi connectivity index (χ2n) is 4.04. The van der Waals surface area contributed by atoms with E-state index < -0.39 is 5.97 Å². The summed E-state index contributed by atoms with van der Waals surface area (Å²) in [6, 6.07) is 7.47. The van der Waals surface area contributed by atoms with E-state index in [0.717, 1.165) is 40.1 Å². The maximum atomic E-state index is 11.4. The van der Waals surface area contributed by atoms with E-state index in [-0.39, 0.29) is 0 Å². The van der Waals surface area contributed by atoms with Crippen molar-refractivity contribution in [3.05, 3.63) is 41.1 Å². The van der Waals surface area contributed by atoms with E-state index in [2.05, 4.69) is 4.98 Å². The Morgan fingerprint density at radius 2 is 2.18 bits per heavy atom. The fourth-order valence-corrected chi connectivity index (χ4v) is 3.25. The molecule has 0 saturated carbocycles. The van der Waals surface area contributed by atoms with Gasteiger partial charge in [-0.2, -0.15) is 11.8 Å². The number of para-hydroxylation sites is 1. The minimum Gasteiger partial charge on any atom is -0.478 e. The van der Waals surface area contributed by atoms with E-state index in [0.29, 0.717) is 5.56 Å². The van der Waals surface area contributed by atoms with E-state index in [1.54, 1.807) is 11.8 Å². The minimum atomic E-state index is -0.845. The number of aryl methyl sites for hydroxylation is 1. The quantitative estimate of drug-likeness (QED) is 0.839. The fourth-order valence-electron chi connectivity index (χ4n) is 2.25. The Balaban J connectivity index is 2.40. The van der Waals surface area contributed by atoms with Gasteiger partial charge in [0.05, 0.1) is 11.1 Å². The standard InChI is InChI=1S/C13H11NO2S/c15-13(16)12-8-3-1-2-4-10(8)14-11-5-6-17-7-9(11)12/h1-4H,5-7H2,(H,15,16). The molecular formula is C13H11NO2S. The SMILES string of the molecule is O=C(O)c1c2c(nc3ccccc13)CCSC2. The van der Waals surface area contributed by atoms with Gasteiger partial charge in [0.25, 0.3) is 0 Å². The predicted molar refractivity (Wildman–Crippen MR) is 68.6 cm³/mol. The molecule has 3 nitrogen and oxygen atoms in total. The van der Waals surface area contributed by atoms with Gasteiger partial charge in [-0.1, -0.05) is 18.2 Å². The van der Waals surface area contributed by atoms with Crippen LogP contribution in [0.3, 0.4) is 0 Å². The van der Waals surface area contributed by atoms with Crippen molar-refractivity contribution in [2.75, 3.05) is 5.75 Å². The molecule has 17 heavy (non-hydrogen) atoms. The Bertz CT molecular complexity index is 610. The third kappa shape index (κ3) is 1.69. The van der Waals surface area contributed by atoms with Crippen LogP contribution in [0, 0.1) is 0 Å². The molecule has 1 aliphatic rings. The van der Waals surface area contributed by atoms with Gasteiger partial charge in [-0.25, -0.2) is 4.79 Å². The molecule has 0 amide bonds. The number of benzene rings is 1. The Hall–Kier alpha value is -1.55. The lowest BCUT2D eigenvalue weighted by atomic mass is 10.00. The summed E-state index contributed by atoms with van der Waals surface area (Å²) in [5, 5.41) is 10.2. The van der Waals surface area contributed by atoms with Crippen LogP contribution in [0.2, 0.25) is 0 Å². The number of carbonyl (C=O) groups is 1. The lowest BCUT2D eigenvalue weighted by Gasteiger charge is -2.18. The molecular weight excluding hydrogens is 234 g/mol. The fraction of sp³-hybridized carbons (Fsp3) is 0.231. The highest BCUT2D eigenvalue weighted by Crippen LogP contribution is 2.31. The molecule has 1 aromatic carbocycles. The number of hydrogen-bond acceptors (Lipinski definition) is 3. The molecule has 0 fully saturated rings. The van der Waals surface area contributed by atoms with E-state index in [4.69, 9.17) is 0 Å². The van der Waals surface area contributed by atoms with Crippen LogP contribution in [0.1, 0.15) is 21.6 Å². The van der Waals surface area contributed by atoms with Crippen LogP contribution in [0.25, 0.3) is 10.9 Å². The van der Waals surface area contributed by atoms with Gasteiger partial charge in [0.15, 0.2) is 0 Å². The molecule has 0 saturated heterocycles. The van der Waals surface area contributed by atoms with Gasteiger partial charge in [-0.05, 0) is 23.8 Å². The third-order valence-electron chi connectivity index (χ3n) is 3.02. The number of carboxylic acid groups (broad SMARTS) is 1. The maximum absolute atomic E-state index is 11.4. The molecule has 1 aliphatic heterocycles. The highest BCUT2D eigenvalue weighted by molar-refractivity contribution is 7.98. The van der Waals surface area contributed by atoms with E-state index >= 15 is 0 Å². The van der Waals surface area contributed by atoms with Crippen LogP contribution in [-0.2, 0) is 12.2 Å². The molecule has 1 aromatic heterocycles. The lowest BCUT2D eigenvalue weighted by Crippen LogP contribution is -2.12. The summed E-state index contributed by atoms with van der Waals surface area (Å²) in [6.45, 7) is 0. The van der Waals surface area contributed by atoms with Crippen LogP contribution in [0.4, 0.5) is 0 Å². The molecule has 2 heterocycles. The number of rotatable bonds is 1. The predicted octanol–water partition coefficient (Wildman–Crippen LogP) is 2.72. The molecule has 0 radical (unpaired) electrons. The molecule has 0 unspecified atom stereocenters. The normalized spacial score (nSPS) is 14.6. The molecule has 3 rings (SSSR count). The largest absolute Gasteiger partial charge is 0.478 e. The highest BCUT2D eigenvalue weighted by atomic mass is 32.2. The molecule has 0 atom stereocenters. The van der Waals surface area contributed by atoms with Crippen molar-refractivity contribution in [1.29, 1.82) is 0 Å². The van der Waals surface area contributed by atoms with Crippen LogP contribution in [0.5, 0.6) is 0 Å². The van der Waals surface area contributed by atoms with Crippen LogP contribution in [-0.4, -0.2) is 21.8 Å². The molecule has 2 aromatic rings. The second-order valence-corrected chi connectivity index (χ2v) is 5.14. The van der Waals surface area contributed by atoms with Crippen molar-refractivity contribution in [3.8, 4) is 0 Å². The summed E-state index contributed by atoms with van der Waals surface area (Å²) in [5.41, 5.74) is 3.10. The lowest BCUT2D eigenvalue weighted by molar-refractivity contribution is 0.0698. The number of hydrogen-bond donors (Lipinski definition) is 1. The zero-order valence-corrected chi connectivity index (χ0v) is 9.96. The first kappa shape index (κ1) is 10.6. The molecule has 1 N–H and O–H groups in total. The number of aromatic nitrogens is 1. The molecule has 0 bridgehead atoms. The second kappa shape index (κ2) is 4.04. The Kier molecular flexibility index (Phi) is 2.52. The van der Waals surface area contributed by atoms with Gasteiger partial charge < -0.3 is 5.11 Å². The van der Waals surface area contributed by atoms with Crippen LogP contribution >= 0.6 is 11.8 Å². The van der Waals surface area contributed by atoms with Crippen molar-refractivity contribution < 1.29 is 9.90 Å². The van der Waals surface area contributed by atoms with Crippen molar-refractivity contribution in [1.82, 2.24) is 4.98 Å². The van der Waals surface area contributed by atoms with Crippen molar-refractivity contribution in [3.63, 3.8) is 0 Å². The average Bonchev–Trinajstić information content (AvgIpc) is 2.35. The first-order valence-corrected chi connectivity index (χ1v) is 6.64. The monoisotopic (exact) mass is 245 g/mol. The van der Waals surface area contributed by atoms with Crippen LogP contribution < -0.4 is 0 Å². The third-order valence-corrected chi connectivity index (χ3v) is 4.01. The zero-order valence-electron chi connectivity index (χ0n) is 9.14. The van der Waals surface area contributed by atoms with Gasteiger partial charge in [-0.3, -0.25) is 4.98 Å². The van der Waals surface area contributed by atoms with E-state index in [9.17, 15) is 9.90 Å². The number of fused-ring (bicyclic) bond motifs is 2. The first-order valence-electron chi connectivity index (χ1n) is 5.49. The number of aromatic carboxylic acids is 1. The van der Waals surface area contributed by atoms with E-state index in [1.165, 1.54) is 0 Å². The maximum Gasteiger partial charge on any atom is 0.336 e. The average molecular weight is 245 g/mol. The summed E-state index contributed by atoms with van der Waals surface area (Å²) in [7, 11) is 0. The van der Waals surface area contributed by atoms with Gasteiger partial charge in [-0.15, -0.1) is 0 Å². The van der Waals surface area contributed by atoms with E-state index in [1.807, 2.05) is 24.3 Å². The Morgan fingerprint density at radius 3 is 3.00 bits per heavy atom. The topological polar surface area (TPSA) is 50.2 Å². The summed E-state index contributed by atoms with van der Waals surface area (Å²) in [4.78, 5) is 16.0. The van der Waals surface area contributed by atoms with Crippen LogP contribution in [0.15, 0.2) is 24.3 Å². The highest BCUT2D eigenvalue weighted by Gasteiger charge is 2.21. The Labute approximate surface area is 103 Å². The number of carboxylic acids is 1. The van der Waals surface area contributed by atoms with Gasteiger partial charge in [0.2, 0.25) is 0 Å². The molecule has 4 heteroatoms. The number of pyridine rings is 1. The summed E-state index contributed by atoms with van der Waals surface area (Å²) >= 11 is 1.77. The van der Waals surface area contributed by atoms with Crippen molar-refractivity contribution in [2.45, 2.75) is 12.2 Å². The Morgan fingerprint density at radius 1 is 1.35 bits per heavy atom. The smallest absolute Gasteiger partial charge is 0.336 e. The van der Waals surface area contributed by atoms with Gasteiger partial charge in [0, 0.05) is 16.8 Å². The number of thioether (sulfide) groups is 1.